The number of rotatable bonds is 4. The van der Waals surface area contributed by atoms with Gasteiger partial charge in [0, 0.05) is 26.6 Å². The monoisotopic (exact) mass is 604 g/mol. The van der Waals surface area contributed by atoms with Crippen molar-refractivity contribution in [3.05, 3.63) is 166 Å². The second kappa shape index (κ2) is 9.58. The van der Waals surface area contributed by atoms with Crippen LogP contribution in [0.3, 0.4) is 0 Å². The van der Waals surface area contributed by atoms with Gasteiger partial charge in [-0.3, -0.25) is 0 Å². The zero-order valence-corrected chi connectivity index (χ0v) is 25.2. The van der Waals surface area contributed by atoms with Crippen LogP contribution in [0, 0.1) is 0 Å². The molecule has 0 radical (unpaired) electrons. The molecule has 202 valence electrons. The molecule has 1 nitrogen and oxygen atoms in total. The average Bonchev–Trinajstić information content (AvgIpc) is 3.49. The number of fused-ring (bicyclic) bond motifs is 6. The third kappa shape index (κ3) is 3.97. The van der Waals surface area contributed by atoms with E-state index in [-0.39, 0.29) is 11.3 Å². The highest BCUT2D eigenvalue weighted by Crippen LogP contribution is 2.51. The van der Waals surface area contributed by atoms with Crippen molar-refractivity contribution in [2.75, 3.05) is 0 Å². The van der Waals surface area contributed by atoms with Gasteiger partial charge in [0.05, 0.1) is 0 Å². The summed E-state index contributed by atoms with van der Waals surface area (Å²) < 4.78 is 7.33. The number of halogens is 1. The normalized spacial score (nSPS) is 14.2. The highest BCUT2D eigenvalue weighted by atomic mass is 79.9. The third-order valence-corrected chi connectivity index (χ3v) is 9.55. The van der Waals surface area contributed by atoms with Crippen LogP contribution in [0.15, 0.2) is 142 Å². The number of furan rings is 1. The van der Waals surface area contributed by atoms with Gasteiger partial charge >= 0.3 is 0 Å². The van der Waals surface area contributed by atoms with E-state index < -0.39 is 0 Å². The van der Waals surface area contributed by atoms with Crippen molar-refractivity contribution in [3.63, 3.8) is 0 Å². The van der Waals surface area contributed by atoms with Crippen LogP contribution in [-0.2, 0) is 5.41 Å². The Kier molecular flexibility index (Phi) is 5.77. The quantitative estimate of drug-likeness (QED) is 0.182. The molecule has 1 atom stereocenters. The van der Waals surface area contributed by atoms with Crippen molar-refractivity contribution in [2.24, 2.45) is 0 Å². The van der Waals surface area contributed by atoms with Crippen molar-refractivity contribution >= 4 is 37.9 Å². The molecule has 42 heavy (non-hydrogen) atoms. The fraction of sp³-hybridized carbons (Fsp3) is 0.100. The van der Waals surface area contributed by atoms with Gasteiger partial charge in [0.15, 0.2) is 0 Å². The minimum atomic E-state index is -0.0917. The lowest BCUT2D eigenvalue weighted by atomic mass is 9.78. The molecule has 7 aromatic rings. The van der Waals surface area contributed by atoms with Crippen molar-refractivity contribution in [1.29, 1.82) is 0 Å². The van der Waals surface area contributed by atoms with Gasteiger partial charge < -0.3 is 4.42 Å². The summed E-state index contributed by atoms with van der Waals surface area (Å²) in [6.45, 7) is 4.70. The molecular formula is C40H29BrO. The molecule has 0 unspecified atom stereocenters. The van der Waals surface area contributed by atoms with Gasteiger partial charge in [0.2, 0.25) is 0 Å². The third-order valence-electron chi connectivity index (χ3n) is 9.06. The number of para-hydroxylation sites is 1. The molecule has 0 spiro atoms. The molecule has 6 aromatic carbocycles. The molecule has 0 N–H and O–H groups in total. The highest BCUT2D eigenvalue weighted by Gasteiger charge is 2.36. The van der Waals surface area contributed by atoms with Gasteiger partial charge in [-0.15, -0.1) is 0 Å². The Morgan fingerprint density at radius 1 is 0.524 bits per heavy atom. The van der Waals surface area contributed by atoms with Crippen LogP contribution in [0.25, 0.3) is 44.2 Å². The standard InChI is InChI=1S/C40H29BrO/c1-40(2)35-23-29(15-18-31(35)32-19-17-30(41)24-36(32)40)39(27-12-8-11-26(21-27)25-9-4-3-5-10-25)28-16-20-38-34(22-28)33-13-6-7-14-37(33)42-38/h3-24,39H,1-2H3/t39-/m0/s1. The topological polar surface area (TPSA) is 13.1 Å². The molecule has 0 bridgehead atoms. The molecule has 1 aliphatic carbocycles. The average molecular weight is 606 g/mol. The van der Waals surface area contributed by atoms with Gasteiger partial charge in [-0.25, -0.2) is 0 Å². The van der Waals surface area contributed by atoms with E-state index in [0.717, 1.165) is 26.4 Å². The fourth-order valence-corrected chi connectivity index (χ4v) is 7.30. The van der Waals surface area contributed by atoms with Gasteiger partial charge in [-0.1, -0.05) is 133 Å². The van der Waals surface area contributed by atoms with Crippen molar-refractivity contribution < 1.29 is 4.42 Å². The Morgan fingerprint density at radius 2 is 1.17 bits per heavy atom. The molecule has 1 aromatic heterocycles. The zero-order valence-electron chi connectivity index (χ0n) is 23.6. The van der Waals surface area contributed by atoms with Crippen LogP contribution >= 0.6 is 15.9 Å². The van der Waals surface area contributed by atoms with Crippen LogP contribution < -0.4 is 0 Å². The van der Waals surface area contributed by atoms with Gasteiger partial charge in [-0.05, 0) is 80.4 Å². The highest BCUT2D eigenvalue weighted by molar-refractivity contribution is 9.10. The Labute approximate surface area is 254 Å². The van der Waals surface area contributed by atoms with Crippen molar-refractivity contribution in [3.8, 4) is 22.3 Å². The first-order chi connectivity index (χ1) is 20.5. The molecule has 0 saturated carbocycles. The summed E-state index contributed by atoms with van der Waals surface area (Å²) >= 11 is 3.71. The maximum atomic E-state index is 6.20. The van der Waals surface area contributed by atoms with E-state index in [1.54, 1.807) is 0 Å². The van der Waals surface area contributed by atoms with E-state index in [1.165, 1.54) is 50.1 Å². The lowest BCUT2D eigenvalue weighted by Crippen LogP contribution is -2.16. The maximum Gasteiger partial charge on any atom is 0.135 e. The van der Waals surface area contributed by atoms with E-state index in [1.807, 2.05) is 6.07 Å². The van der Waals surface area contributed by atoms with E-state index in [4.69, 9.17) is 4.42 Å². The predicted molar refractivity (Wildman–Crippen MR) is 178 cm³/mol. The molecule has 0 fully saturated rings. The summed E-state index contributed by atoms with van der Waals surface area (Å²) in [4.78, 5) is 0. The van der Waals surface area contributed by atoms with Crippen molar-refractivity contribution in [2.45, 2.75) is 25.2 Å². The minimum absolute atomic E-state index is 0.0586. The van der Waals surface area contributed by atoms with Gasteiger partial charge in [0.1, 0.15) is 11.2 Å². The van der Waals surface area contributed by atoms with E-state index in [2.05, 4.69) is 157 Å². The lowest BCUT2D eigenvalue weighted by molar-refractivity contribution is 0.658. The molecule has 1 heterocycles. The fourth-order valence-electron chi connectivity index (χ4n) is 6.94. The second-order valence-electron chi connectivity index (χ2n) is 11.9. The second-order valence-corrected chi connectivity index (χ2v) is 12.8. The predicted octanol–water partition coefficient (Wildman–Crippen LogP) is 11.5. The van der Waals surface area contributed by atoms with Crippen LogP contribution in [0.5, 0.6) is 0 Å². The summed E-state index contributed by atoms with van der Waals surface area (Å²) in [7, 11) is 0. The molecular weight excluding hydrogens is 576 g/mol. The van der Waals surface area contributed by atoms with Gasteiger partial charge in [-0.2, -0.15) is 0 Å². The SMILES string of the molecule is CC1(C)c2cc(Br)ccc2-c2ccc([C@@H](c3cccc(-c4ccccc4)c3)c3ccc4oc5ccccc5c4c3)cc21. The van der Waals surface area contributed by atoms with E-state index in [9.17, 15) is 0 Å². The summed E-state index contributed by atoms with van der Waals surface area (Å²) in [6.07, 6.45) is 0. The maximum absolute atomic E-state index is 6.20. The molecule has 0 amide bonds. The van der Waals surface area contributed by atoms with E-state index >= 15 is 0 Å². The number of hydrogen-bond acceptors (Lipinski definition) is 1. The van der Waals surface area contributed by atoms with Gasteiger partial charge in [0.25, 0.3) is 0 Å². The summed E-state index contributed by atoms with van der Waals surface area (Å²) in [5.74, 6) is 0.0586. The number of benzene rings is 6. The Hall–Kier alpha value is -4.40. The largest absolute Gasteiger partial charge is 0.456 e. The zero-order chi connectivity index (χ0) is 28.4. The number of hydrogen-bond donors (Lipinski definition) is 0. The lowest BCUT2D eigenvalue weighted by Gasteiger charge is -2.25. The Bertz CT molecular complexity index is 2130. The minimum Gasteiger partial charge on any atom is -0.456 e. The van der Waals surface area contributed by atoms with Crippen molar-refractivity contribution in [1.82, 2.24) is 0 Å². The van der Waals surface area contributed by atoms with Crippen LogP contribution in [0.2, 0.25) is 0 Å². The first-order valence-corrected chi connectivity index (χ1v) is 15.3. The molecule has 0 saturated heterocycles. The molecule has 8 rings (SSSR count). The Morgan fingerprint density at radius 3 is 2.02 bits per heavy atom. The molecule has 2 heteroatoms. The van der Waals surface area contributed by atoms with Crippen LogP contribution in [0.1, 0.15) is 47.6 Å². The summed E-state index contributed by atoms with van der Waals surface area (Å²) in [5.41, 5.74) is 13.5. The van der Waals surface area contributed by atoms with Crippen LogP contribution in [-0.4, -0.2) is 0 Å². The molecule has 1 aliphatic rings. The Balaban J connectivity index is 1.34. The van der Waals surface area contributed by atoms with E-state index in [0.29, 0.717) is 0 Å². The summed E-state index contributed by atoms with van der Waals surface area (Å²) in [6, 6.07) is 48.6. The smallest absolute Gasteiger partial charge is 0.135 e. The van der Waals surface area contributed by atoms with Crippen LogP contribution in [0.4, 0.5) is 0 Å². The first kappa shape index (κ1) is 25.3. The first-order valence-electron chi connectivity index (χ1n) is 14.5. The molecule has 0 aliphatic heterocycles. The summed E-state index contributed by atoms with van der Waals surface area (Å²) in [5, 5.41) is 2.31.